The van der Waals surface area contributed by atoms with E-state index in [1.54, 1.807) is 17.5 Å². The molecule has 6 heteroatoms. The van der Waals surface area contributed by atoms with E-state index in [1.807, 2.05) is 13.0 Å². The topological polar surface area (TPSA) is 70.9 Å². The minimum Gasteiger partial charge on any atom is -0.394 e. The van der Waals surface area contributed by atoms with Gasteiger partial charge in [-0.2, -0.15) is 5.10 Å². The summed E-state index contributed by atoms with van der Waals surface area (Å²) in [6.07, 6.45) is 1.68. The number of nitrogens with one attached hydrogen (secondary N) is 1. The summed E-state index contributed by atoms with van der Waals surface area (Å²) in [7, 11) is 0. The van der Waals surface area contributed by atoms with E-state index in [0.717, 1.165) is 15.6 Å². The lowest BCUT2D eigenvalue weighted by Crippen LogP contribution is -2.24. The molecular weight excluding hydrogens is 238 g/mol. The molecule has 17 heavy (non-hydrogen) atoms. The SMILES string of the molecule is Cc1cc2[nH]c3c(=O)n(CCO)ncc3c2s1. The van der Waals surface area contributed by atoms with Crippen molar-refractivity contribution >= 4 is 32.5 Å². The highest BCUT2D eigenvalue weighted by Gasteiger charge is 2.11. The summed E-state index contributed by atoms with van der Waals surface area (Å²) in [4.78, 5) is 16.4. The number of H-pyrrole nitrogens is 1. The Hall–Kier alpha value is -1.66. The summed E-state index contributed by atoms with van der Waals surface area (Å²) < 4.78 is 2.34. The van der Waals surface area contributed by atoms with Crippen LogP contribution in [0.1, 0.15) is 4.88 Å². The standard InChI is InChI=1S/C11H11N3O2S/c1-6-4-8-10(17-6)7-5-12-14(2-3-15)11(16)9(7)13-8/h4-5,13,15H,2-3H2,1H3. The first kappa shape index (κ1) is 10.5. The van der Waals surface area contributed by atoms with Gasteiger partial charge in [-0.05, 0) is 13.0 Å². The van der Waals surface area contributed by atoms with Crippen molar-refractivity contribution < 1.29 is 5.11 Å². The fraction of sp³-hybridized carbons (Fsp3) is 0.273. The average Bonchev–Trinajstić information content (AvgIpc) is 2.79. The Morgan fingerprint density at radius 1 is 1.59 bits per heavy atom. The third kappa shape index (κ3) is 1.49. The van der Waals surface area contributed by atoms with E-state index in [0.29, 0.717) is 5.52 Å². The molecule has 0 fully saturated rings. The number of hydrogen-bond donors (Lipinski definition) is 2. The maximum absolute atomic E-state index is 12.0. The number of rotatable bonds is 2. The monoisotopic (exact) mass is 249 g/mol. The number of aliphatic hydroxyl groups is 1. The van der Waals surface area contributed by atoms with Gasteiger partial charge < -0.3 is 10.1 Å². The van der Waals surface area contributed by atoms with Gasteiger partial charge in [0, 0.05) is 10.3 Å². The van der Waals surface area contributed by atoms with Crippen LogP contribution >= 0.6 is 11.3 Å². The quantitative estimate of drug-likeness (QED) is 0.717. The van der Waals surface area contributed by atoms with E-state index in [9.17, 15) is 4.79 Å². The third-order valence-corrected chi connectivity index (χ3v) is 3.80. The molecule has 0 amide bonds. The molecule has 0 aromatic carbocycles. The summed E-state index contributed by atoms with van der Waals surface area (Å²) in [5.74, 6) is 0. The Bertz CT molecular complexity index is 753. The number of hydrogen-bond acceptors (Lipinski definition) is 4. The Morgan fingerprint density at radius 3 is 3.18 bits per heavy atom. The minimum absolute atomic E-state index is 0.0907. The first-order valence-electron chi connectivity index (χ1n) is 5.29. The number of aliphatic hydroxyl groups excluding tert-OH is 1. The third-order valence-electron chi connectivity index (χ3n) is 2.72. The van der Waals surface area contributed by atoms with Crippen molar-refractivity contribution in [2.24, 2.45) is 0 Å². The Morgan fingerprint density at radius 2 is 2.41 bits per heavy atom. The van der Waals surface area contributed by atoms with Crippen molar-refractivity contribution in [2.75, 3.05) is 6.61 Å². The number of fused-ring (bicyclic) bond motifs is 3. The summed E-state index contributed by atoms with van der Waals surface area (Å²) >= 11 is 1.65. The van der Waals surface area contributed by atoms with Crippen LogP contribution in [0.5, 0.6) is 0 Å². The number of aromatic nitrogens is 3. The molecule has 5 nitrogen and oxygen atoms in total. The first-order valence-corrected chi connectivity index (χ1v) is 6.11. The molecule has 2 N–H and O–H groups in total. The molecule has 0 bridgehead atoms. The molecule has 0 radical (unpaired) electrons. The van der Waals surface area contributed by atoms with Crippen LogP contribution in [-0.4, -0.2) is 26.5 Å². The largest absolute Gasteiger partial charge is 0.394 e. The van der Waals surface area contributed by atoms with Crippen molar-refractivity contribution in [2.45, 2.75) is 13.5 Å². The first-order chi connectivity index (χ1) is 8.20. The van der Waals surface area contributed by atoms with E-state index in [4.69, 9.17) is 5.11 Å². The highest BCUT2D eigenvalue weighted by atomic mass is 32.1. The van der Waals surface area contributed by atoms with E-state index >= 15 is 0 Å². The molecule has 0 saturated carbocycles. The average molecular weight is 249 g/mol. The van der Waals surface area contributed by atoms with Gasteiger partial charge >= 0.3 is 0 Å². The molecular formula is C11H11N3O2S. The fourth-order valence-corrected chi connectivity index (χ4v) is 2.96. The van der Waals surface area contributed by atoms with Gasteiger partial charge in [0.1, 0.15) is 5.52 Å². The van der Waals surface area contributed by atoms with E-state index in [-0.39, 0.29) is 18.7 Å². The van der Waals surface area contributed by atoms with Crippen LogP contribution in [0.3, 0.4) is 0 Å². The van der Waals surface area contributed by atoms with Gasteiger partial charge in [-0.1, -0.05) is 0 Å². The fourth-order valence-electron chi connectivity index (χ4n) is 1.98. The Kier molecular flexibility index (Phi) is 2.27. The van der Waals surface area contributed by atoms with Crippen molar-refractivity contribution in [3.63, 3.8) is 0 Å². The Labute approximate surface area is 100 Å². The summed E-state index contributed by atoms with van der Waals surface area (Å²) in [6, 6.07) is 2.02. The summed E-state index contributed by atoms with van der Waals surface area (Å²) in [6.45, 7) is 2.16. The molecule has 0 aliphatic heterocycles. The smallest absolute Gasteiger partial charge is 0.291 e. The summed E-state index contributed by atoms with van der Waals surface area (Å²) in [5, 5.41) is 13.8. The molecule has 0 saturated heterocycles. The van der Waals surface area contributed by atoms with Crippen LogP contribution in [0.4, 0.5) is 0 Å². The number of nitrogens with zero attached hydrogens (tertiary/aromatic N) is 2. The van der Waals surface area contributed by atoms with Crippen molar-refractivity contribution in [1.29, 1.82) is 0 Å². The van der Waals surface area contributed by atoms with Gasteiger partial charge in [-0.3, -0.25) is 4.79 Å². The van der Waals surface area contributed by atoms with Crippen LogP contribution in [0, 0.1) is 6.92 Å². The van der Waals surface area contributed by atoms with Crippen LogP contribution < -0.4 is 5.56 Å². The second-order valence-electron chi connectivity index (χ2n) is 3.91. The highest BCUT2D eigenvalue weighted by Crippen LogP contribution is 2.30. The van der Waals surface area contributed by atoms with E-state index in [1.165, 1.54) is 9.56 Å². The van der Waals surface area contributed by atoms with Gasteiger partial charge in [0.2, 0.25) is 0 Å². The molecule has 0 aliphatic carbocycles. The van der Waals surface area contributed by atoms with Crippen LogP contribution in [0.2, 0.25) is 0 Å². The number of aryl methyl sites for hydroxylation is 1. The minimum atomic E-state index is -0.183. The van der Waals surface area contributed by atoms with E-state index in [2.05, 4.69) is 10.1 Å². The molecule has 3 aromatic heterocycles. The zero-order valence-corrected chi connectivity index (χ0v) is 10.0. The molecule has 0 atom stereocenters. The molecule has 3 rings (SSSR count). The van der Waals surface area contributed by atoms with Gasteiger partial charge in [0.25, 0.3) is 5.56 Å². The molecule has 0 spiro atoms. The maximum atomic E-state index is 12.0. The molecule has 88 valence electrons. The van der Waals surface area contributed by atoms with E-state index < -0.39 is 0 Å². The summed E-state index contributed by atoms with van der Waals surface area (Å²) in [5.41, 5.74) is 1.36. The zero-order valence-electron chi connectivity index (χ0n) is 9.23. The predicted molar refractivity (Wildman–Crippen MR) is 67.6 cm³/mol. The van der Waals surface area contributed by atoms with Crippen molar-refractivity contribution in [3.05, 3.63) is 27.5 Å². The predicted octanol–water partition coefficient (Wildman–Crippen LogP) is 1.24. The van der Waals surface area contributed by atoms with Crippen molar-refractivity contribution in [3.8, 4) is 0 Å². The normalized spacial score (nSPS) is 11.6. The second-order valence-corrected chi connectivity index (χ2v) is 5.17. The molecule has 0 unspecified atom stereocenters. The van der Waals surface area contributed by atoms with Crippen LogP contribution in [0.15, 0.2) is 17.1 Å². The lowest BCUT2D eigenvalue weighted by atomic mass is 10.3. The van der Waals surface area contributed by atoms with Gasteiger partial charge in [0.15, 0.2) is 0 Å². The lowest BCUT2D eigenvalue weighted by molar-refractivity contribution is 0.266. The second kappa shape index (κ2) is 3.68. The number of aromatic amines is 1. The van der Waals surface area contributed by atoms with Crippen molar-refractivity contribution in [1.82, 2.24) is 14.8 Å². The lowest BCUT2D eigenvalue weighted by Gasteiger charge is -2.00. The van der Waals surface area contributed by atoms with Crippen LogP contribution in [-0.2, 0) is 6.54 Å². The Balaban J connectivity index is 2.37. The van der Waals surface area contributed by atoms with Gasteiger partial charge in [-0.15, -0.1) is 11.3 Å². The maximum Gasteiger partial charge on any atom is 0.291 e. The molecule has 3 heterocycles. The molecule has 3 aromatic rings. The number of thiophene rings is 1. The van der Waals surface area contributed by atoms with Gasteiger partial charge in [0.05, 0.1) is 29.6 Å². The molecule has 0 aliphatic rings. The van der Waals surface area contributed by atoms with Crippen LogP contribution in [0.25, 0.3) is 21.1 Å². The van der Waals surface area contributed by atoms with Gasteiger partial charge in [-0.25, -0.2) is 4.68 Å². The zero-order chi connectivity index (χ0) is 12.0. The highest BCUT2D eigenvalue weighted by molar-refractivity contribution is 7.20.